The number of hydrogen-bond donors (Lipinski definition) is 6. The number of benzene rings is 12. The molecule has 6 N–H and O–H groups in total. The molecule has 0 unspecified atom stereocenters. The Morgan fingerprint density at radius 1 is 0.246 bits per heavy atom. The molecule has 46 heteroatoms. The van der Waals surface area contributed by atoms with Gasteiger partial charge < -0.3 is 0 Å². The van der Waals surface area contributed by atoms with Crippen molar-refractivity contribution in [1.82, 2.24) is 0 Å². The maximum Gasteiger partial charge on any atom is 0.229 e. The van der Waals surface area contributed by atoms with Gasteiger partial charge in [-0.05, 0) is 242 Å². The Morgan fingerprint density at radius 2 is 0.479 bits per heavy atom. The average molecular weight is 2310 g/mol. The first kappa shape index (κ1) is 110. The summed E-state index contributed by atoms with van der Waals surface area (Å²) in [7, 11) is -20.8. The maximum absolute atomic E-state index is 14.1. The second kappa shape index (κ2) is 46.1. The van der Waals surface area contributed by atoms with E-state index in [1.807, 2.05) is 30.3 Å². The van der Waals surface area contributed by atoms with Crippen LogP contribution in [0.15, 0.2) is 257 Å². The van der Waals surface area contributed by atoms with E-state index in [0.717, 1.165) is 133 Å². The number of ketones is 6. The van der Waals surface area contributed by atoms with Gasteiger partial charge in [-0.15, -0.1) is 0 Å². The van der Waals surface area contributed by atoms with Crippen molar-refractivity contribution in [1.29, 1.82) is 0 Å². The van der Waals surface area contributed by atoms with Gasteiger partial charge in [0.05, 0.1) is 81.7 Å². The van der Waals surface area contributed by atoms with Gasteiger partial charge in [0, 0.05) is 151 Å². The fourth-order valence-electron chi connectivity index (χ4n) is 15.0. The lowest BCUT2D eigenvalue weighted by atomic mass is 10.1. The monoisotopic (exact) mass is 2300 g/mol. The number of carbonyl (C=O) groups excluding carboxylic acids is 6. The molecule has 18 rings (SSSR count). The number of aryl methyl sites for hydroxylation is 6. The molecule has 0 fully saturated rings. The lowest BCUT2D eigenvalue weighted by Crippen LogP contribution is -2.11. The Balaban J connectivity index is 0.000000143. The van der Waals surface area contributed by atoms with E-state index in [1.165, 1.54) is 77.8 Å². The highest BCUT2D eigenvalue weighted by Crippen LogP contribution is 2.48. The number of anilines is 6. The molecule has 0 saturated carbocycles. The third-order valence-electron chi connectivity index (χ3n) is 21.1. The maximum atomic E-state index is 14.1. The molecule has 744 valence electrons. The van der Waals surface area contributed by atoms with Gasteiger partial charge in [0.15, 0.2) is 34.7 Å². The van der Waals surface area contributed by atoms with Gasteiger partial charge in [-0.3, -0.25) is 57.1 Å². The van der Waals surface area contributed by atoms with Crippen LogP contribution < -0.4 is 28.3 Å². The first-order valence-corrected chi connectivity index (χ1v) is 60.6. The van der Waals surface area contributed by atoms with Crippen molar-refractivity contribution in [2.75, 3.05) is 65.9 Å². The summed E-state index contributed by atoms with van der Waals surface area (Å²) in [5.41, 5.74) is 10.9. The van der Waals surface area contributed by atoms with E-state index in [1.54, 1.807) is 109 Å². The number of nitrogens with one attached hydrogen (secondary N) is 6. The zero-order chi connectivity index (χ0) is 103. The van der Waals surface area contributed by atoms with Crippen LogP contribution in [0.5, 0.6) is 0 Å². The summed E-state index contributed by atoms with van der Waals surface area (Å²) in [5.74, 6) is -2.62. The number of fused-ring (bicyclic) bond motifs is 6. The van der Waals surface area contributed by atoms with E-state index >= 15 is 0 Å². The molecule has 0 bridgehead atoms. The van der Waals surface area contributed by atoms with Gasteiger partial charge in [0.2, 0.25) is 60.1 Å². The fraction of sp³-hybridized carbons (Fsp3) is 0.188. The first-order valence-electron chi connectivity index (χ1n) is 42.0. The normalized spacial score (nSPS) is 13.9. The Labute approximate surface area is 870 Å². The molecule has 0 spiro atoms. The van der Waals surface area contributed by atoms with Crippen LogP contribution in [0, 0.1) is 29.1 Å². The third-order valence-corrected chi connectivity index (χ3v) is 33.1. The molecule has 0 heterocycles. The van der Waals surface area contributed by atoms with Gasteiger partial charge in [0.1, 0.15) is 29.1 Å². The van der Waals surface area contributed by atoms with Crippen molar-refractivity contribution >= 4 is 262 Å². The average Bonchev–Trinajstić information content (AvgIpc) is 1.23. The molecular formula is C96H80BrCl4F5N6O18S12. The second-order valence-electron chi connectivity index (χ2n) is 32.6. The van der Waals surface area contributed by atoms with Gasteiger partial charge in [-0.2, -0.15) is 0 Å². The van der Waals surface area contributed by atoms with Gasteiger partial charge in [0.25, 0.3) is 0 Å². The van der Waals surface area contributed by atoms with Crippen LogP contribution in [0.25, 0.3) is 0 Å². The molecular weight excluding hydrogens is 2230 g/mol. The highest BCUT2D eigenvalue weighted by Gasteiger charge is 2.32. The van der Waals surface area contributed by atoms with Crippen LogP contribution in [0.1, 0.15) is 134 Å². The van der Waals surface area contributed by atoms with Crippen molar-refractivity contribution in [2.24, 2.45) is 0 Å². The topological polar surface area (TPSA) is 379 Å². The summed E-state index contributed by atoms with van der Waals surface area (Å²) >= 11 is 34.1. The fourth-order valence-corrected chi connectivity index (χ4v) is 25.7. The Hall–Kier alpha value is -9.45. The minimum Gasteiger partial charge on any atom is -0.294 e. The molecule has 142 heavy (non-hydrogen) atoms. The van der Waals surface area contributed by atoms with Crippen molar-refractivity contribution in [3.05, 3.63) is 315 Å². The van der Waals surface area contributed by atoms with E-state index in [9.17, 15) is 101 Å². The molecule has 12 aromatic rings. The van der Waals surface area contributed by atoms with Crippen LogP contribution in [-0.2, 0) is 98.7 Å². The number of Topliss-reactive ketones (excluding diaryl/α,β-unsaturated/α-hetero) is 6. The van der Waals surface area contributed by atoms with Crippen LogP contribution >= 0.6 is 133 Å². The van der Waals surface area contributed by atoms with E-state index in [0.29, 0.717) is 193 Å². The van der Waals surface area contributed by atoms with Crippen LogP contribution in [0.3, 0.4) is 0 Å². The molecule has 0 aromatic heterocycles. The summed E-state index contributed by atoms with van der Waals surface area (Å²) < 4.78 is 223. The molecule has 0 amide bonds. The smallest absolute Gasteiger partial charge is 0.229 e. The van der Waals surface area contributed by atoms with Gasteiger partial charge in [-0.25, -0.2) is 72.5 Å². The van der Waals surface area contributed by atoms with Crippen molar-refractivity contribution in [2.45, 2.75) is 136 Å². The van der Waals surface area contributed by atoms with E-state index in [4.69, 9.17) is 46.4 Å². The van der Waals surface area contributed by atoms with E-state index in [-0.39, 0.29) is 55.3 Å². The molecule has 0 aliphatic heterocycles. The summed E-state index contributed by atoms with van der Waals surface area (Å²) in [4.78, 5) is 78.0. The molecule has 6 aliphatic rings. The third kappa shape index (κ3) is 30.6. The Kier molecular flexibility index (Phi) is 35.6. The van der Waals surface area contributed by atoms with Crippen molar-refractivity contribution < 1.29 is 101 Å². The van der Waals surface area contributed by atoms with Crippen LogP contribution in [0.2, 0.25) is 20.1 Å². The number of halogens is 10. The largest absolute Gasteiger partial charge is 0.294 e. The van der Waals surface area contributed by atoms with Crippen LogP contribution in [-0.4, -0.2) is 123 Å². The lowest BCUT2D eigenvalue weighted by molar-refractivity contribution is 0.0986. The highest BCUT2D eigenvalue weighted by molar-refractivity contribution is 9.10. The summed E-state index contributed by atoms with van der Waals surface area (Å²) in [5, 5.41) is 1.47. The zero-order valence-electron chi connectivity index (χ0n) is 75.0. The Morgan fingerprint density at radius 3 is 0.746 bits per heavy atom. The second-order valence-corrected chi connectivity index (χ2v) is 52.2. The van der Waals surface area contributed by atoms with Crippen LogP contribution in [0.4, 0.5) is 56.1 Å². The SMILES string of the molecule is CS(=O)(=O)Nc1cc2c(cc1Sc1ccc(Br)cc1F)C(=O)CC2.CS(=O)(=O)Nc1cc2c(cc1Sc1ccc(Cl)cc1Cl)C(=O)CC2.CS(=O)(=O)Nc1cc2c(cc1Sc1ccc(Cl)cc1F)C(=O)CC2.CS(=O)(=O)Nc1cc2c(cc1Sc1ccc(F)cc1Cl)C(=O)CC2.CS(=O)(=O)Nc1cc2c(cc1Sc1ccc(F)cc1F)C(=O)CC2.CS(=O)(=O)Nc1cc2c(cc1Sc1ccccc1)C(=O)CC2. The minimum atomic E-state index is -3.54. The Bertz CT molecular complexity index is 7030. The van der Waals surface area contributed by atoms with E-state index < -0.39 is 89.2 Å². The molecule has 24 nitrogen and oxygen atoms in total. The van der Waals surface area contributed by atoms with E-state index in [2.05, 4.69) is 44.3 Å². The minimum absolute atomic E-state index is 0.00864. The van der Waals surface area contributed by atoms with Crippen molar-refractivity contribution in [3.63, 3.8) is 0 Å². The summed E-state index contributed by atoms with van der Waals surface area (Å²) in [6.45, 7) is 0. The predicted molar refractivity (Wildman–Crippen MR) is 556 cm³/mol. The number of carbonyl (C=O) groups is 6. The number of rotatable bonds is 24. The van der Waals surface area contributed by atoms with Gasteiger partial charge in [-0.1, -0.05) is 151 Å². The molecule has 12 aromatic carbocycles. The number of sulfonamides is 6. The standard InChI is InChI=1S/C16H13BrFNO3S2.C16H13Cl2NO3S2.2C16H13ClFNO3S2.C16H13F2NO3S2.C16H15NO3S2/c2*1-24(21,22)19-13-6-9-2-4-14(20)11(9)8-16(13)23-15-5-3-10(17)7-12(15)18;1-24(21,22)19-13-6-9-2-4-14(20)11(9)8-16(13)23-15-5-3-10(18)7-12(15)17;2*1-24(21,22)19-13-6-9-2-4-14(20)11(9)8-16(13)23-15-5-3-10(17)7-12(15)18;1-22(19,20)17-14-9-11-7-8-15(18)13(11)10-16(14)21-12-5-3-2-4-6-12/h5*3,5-8,19H,2,4H2,1H3;2-6,9-10,17H,7-8H2,1H3. The molecule has 0 saturated heterocycles. The quantitative estimate of drug-likeness (QED) is 0.0306. The summed E-state index contributed by atoms with van der Waals surface area (Å²) in [6.07, 6.45) is 12.5. The number of hydrogen-bond acceptors (Lipinski definition) is 24. The molecule has 6 aliphatic carbocycles. The first-order chi connectivity index (χ1) is 66.6. The lowest BCUT2D eigenvalue weighted by Gasteiger charge is -2.13. The zero-order valence-corrected chi connectivity index (χ0v) is 89.4. The molecule has 0 radical (unpaired) electrons. The highest BCUT2D eigenvalue weighted by atomic mass is 79.9. The summed E-state index contributed by atoms with van der Waals surface area (Å²) in [6, 6.07) is 50.9. The predicted octanol–water partition coefficient (Wildman–Crippen LogP) is 24.1. The molecule has 0 atom stereocenters. The van der Waals surface area contributed by atoms with Gasteiger partial charge >= 0.3 is 0 Å². The van der Waals surface area contributed by atoms with Crippen molar-refractivity contribution in [3.8, 4) is 0 Å².